The topological polar surface area (TPSA) is 46.2 Å². The van der Waals surface area contributed by atoms with Crippen molar-refractivity contribution in [1.29, 1.82) is 0 Å². The van der Waals surface area contributed by atoms with Crippen LogP contribution in [0.5, 0.6) is 0 Å². The predicted octanol–water partition coefficient (Wildman–Crippen LogP) is 5.90. The molecule has 0 atom stereocenters. The van der Waals surface area contributed by atoms with E-state index in [1.165, 1.54) is 22.7 Å². The Morgan fingerprint density at radius 1 is 1.00 bits per heavy atom. The highest BCUT2D eigenvalue weighted by molar-refractivity contribution is 7.22. The van der Waals surface area contributed by atoms with Crippen LogP contribution >= 0.6 is 34.3 Å². The molecule has 2 heterocycles. The molecule has 0 aliphatic rings. The molecule has 128 valence electrons. The van der Waals surface area contributed by atoms with Gasteiger partial charge in [-0.1, -0.05) is 41.9 Å². The second kappa shape index (κ2) is 7.03. The van der Waals surface area contributed by atoms with Crippen LogP contribution in [0.3, 0.4) is 0 Å². The first kappa shape index (κ1) is 17.0. The Bertz CT molecular complexity index is 1170. The number of anilines is 1. The van der Waals surface area contributed by atoms with Crippen molar-refractivity contribution in [3.05, 3.63) is 86.2 Å². The van der Waals surface area contributed by atoms with E-state index in [4.69, 9.17) is 11.6 Å². The summed E-state index contributed by atoms with van der Waals surface area (Å²) in [6.07, 6.45) is 0. The first-order valence-electron chi connectivity index (χ1n) is 7.80. The SMILES string of the molecule is O=C(Nc1sc2ccccc2c(=O)c1-c1cccc(Cl)c1)c1cccs1. The summed E-state index contributed by atoms with van der Waals surface area (Å²) in [5, 5.41) is 6.44. The Kier molecular flexibility index (Phi) is 4.59. The van der Waals surface area contributed by atoms with Crippen molar-refractivity contribution in [2.45, 2.75) is 0 Å². The van der Waals surface area contributed by atoms with Crippen LogP contribution in [0.4, 0.5) is 5.00 Å². The smallest absolute Gasteiger partial charge is 0.266 e. The molecule has 2 aromatic heterocycles. The van der Waals surface area contributed by atoms with Crippen LogP contribution in [0.25, 0.3) is 21.2 Å². The average Bonchev–Trinajstić information content (AvgIpc) is 3.17. The molecule has 4 rings (SSSR count). The van der Waals surface area contributed by atoms with E-state index in [1.807, 2.05) is 35.7 Å². The Labute approximate surface area is 162 Å². The van der Waals surface area contributed by atoms with E-state index in [0.29, 0.717) is 31.4 Å². The number of nitrogens with one attached hydrogen (secondary N) is 1. The van der Waals surface area contributed by atoms with Crippen LogP contribution in [0, 0.1) is 0 Å². The van der Waals surface area contributed by atoms with Crippen molar-refractivity contribution in [3.63, 3.8) is 0 Å². The summed E-state index contributed by atoms with van der Waals surface area (Å²) in [5.74, 6) is -0.228. The molecule has 6 heteroatoms. The monoisotopic (exact) mass is 397 g/mol. The molecule has 3 nitrogen and oxygen atoms in total. The van der Waals surface area contributed by atoms with Crippen molar-refractivity contribution in [1.82, 2.24) is 0 Å². The van der Waals surface area contributed by atoms with E-state index in [2.05, 4.69) is 5.32 Å². The lowest BCUT2D eigenvalue weighted by atomic mass is 10.1. The number of fused-ring (bicyclic) bond motifs is 1. The molecule has 0 saturated carbocycles. The van der Waals surface area contributed by atoms with Gasteiger partial charge in [0.25, 0.3) is 5.91 Å². The third-order valence-corrected chi connectivity index (χ3v) is 6.07. The molecule has 0 fully saturated rings. The predicted molar refractivity (Wildman–Crippen MR) is 111 cm³/mol. The van der Waals surface area contributed by atoms with Crippen LogP contribution < -0.4 is 10.7 Å². The first-order valence-corrected chi connectivity index (χ1v) is 9.87. The van der Waals surface area contributed by atoms with E-state index in [9.17, 15) is 9.59 Å². The Morgan fingerprint density at radius 2 is 1.85 bits per heavy atom. The number of thiophene rings is 1. The second-order valence-corrected chi connectivity index (χ2v) is 8.01. The maximum absolute atomic E-state index is 13.1. The van der Waals surface area contributed by atoms with Crippen LogP contribution in [0.15, 0.2) is 70.8 Å². The molecule has 0 unspecified atom stereocenters. The fraction of sp³-hybridized carbons (Fsp3) is 0. The first-order chi connectivity index (χ1) is 12.6. The highest BCUT2D eigenvalue weighted by Crippen LogP contribution is 2.34. The number of amides is 1. The summed E-state index contributed by atoms with van der Waals surface area (Å²) < 4.78 is 0.824. The molecule has 4 aromatic rings. The van der Waals surface area contributed by atoms with E-state index in [1.54, 1.807) is 30.3 Å². The highest BCUT2D eigenvalue weighted by Gasteiger charge is 2.17. The van der Waals surface area contributed by atoms with Gasteiger partial charge in [0, 0.05) is 15.1 Å². The molecule has 0 spiro atoms. The molecule has 26 heavy (non-hydrogen) atoms. The van der Waals surface area contributed by atoms with Crippen LogP contribution in [-0.4, -0.2) is 5.91 Å². The minimum Gasteiger partial charge on any atom is -0.312 e. The van der Waals surface area contributed by atoms with Crippen molar-refractivity contribution < 1.29 is 4.79 Å². The molecule has 1 amide bonds. The fourth-order valence-electron chi connectivity index (χ4n) is 2.71. The summed E-state index contributed by atoms with van der Waals surface area (Å²) >= 11 is 8.86. The molecule has 1 N–H and O–H groups in total. The van der Waals surface area contributed by atoms with Gasteiger partial charge in [0.05, 0.1) is 10.4 Å². The summed E-state index contributed by atoms with van der Waals surface area (Å²) in [7, 11) is 0. The normalized spacial score (nSPS) is 10.8. The third kappa shape index (κ3) is 3.17. The van der Waals surface area contributed by atoms with E-state index in [-0.39, 0.29) is 11.3 Å². The Balaban J connectivity index is 1.93. The summed E-state index contributed by atoms with van der Waals surface area (Å²) in [6, 6.07) is 18.1. The number of hydrogen-bond donors (Lipinski definition) is 1. The minimum atomic E-state index is -0.228. The maximum Gasteiger partial charge on any atom is 0.266 e. The van der Waals surface area contributed by atoms with Gasteiger partial charge in [-0.25, -0.2) is 0 Å². The van der Waals surface area contributed by atoms with Crippen molar-refractivity contribution in [2.24, 2.45) is 0 Å². The van der Waals surface area contributed by atoms with Gasteiger partial charge >= 0.3 is 0 Å². The van der Waals surface area contributed by atoms with Crippen molar-refractivity contribution >= 4 is 55.3 Å². The molecule has 0 aliphatic heterocycles. The summed E-state index contributed by atoms with van der Waals surface area (Å²) in [6.45, 7) is 0. The van der Waals surface area contributed by atoms with Crippen LogP contribution in [0.2, 0.25) is 5.02 Å². The maximum atomic E-state index is 13.1. The zero-order valence-corrected chi connectivity index (χ0v) is 15.8. The third-order valence-electron chi connectivity index (χ3n) is 3.88. The lowest BCUT2D eigenvalue weighted by Crippen LogP contribution is -2.14. The molecular formula is C20H12ClNO2S2. The number of rotatable bonds is 3. The van der Waals surface area contributed by atoms with Gasteiger partial charge in [-0.15, -0.1) is 22.7 Å². The van der Waals surface area contributed by atoms with Gasteiger partial charge in [-0.05, 0) is 41.3 Å². The lowest BCUT2D eigenvalue weighted by molar-refractivity contribution is 0.103. The van der Waals surface area contributed by atoms with E-state index < -0.39 is 0 Å². The number of benzene rings is 2. The van der Waals surface area contributed by atoms with Crippen LogP contribution in [-0.2, 0) is 0 Å². The zero-order chi connectivity index (χ0) is 18.1. The number of carbonyl (C=O) groups is 1. The fourth-order valence-corrected chi connectivity index (χ4v) is 4.61. The molecule has 0 radical (unpaired) electrons. The number of hydrogen-bond acceptors (Lipinski definition) is 4. The highest BCUT2D eigenvalue weighted by atomic mass is 35.5. The van der Waals surface area contributed by atoms with Gasteiger partial charge in [-0.2, -0.15) is 0 Å². The molecule has 0 bridgehead atoms. The standard InChI is InChI=1S/C20H12ClNO2S2/c21-13-6-3-5-12(11-13)17-18(23)14-7-1-2-8-15(14)26-20(17)22-19(24)16-9-4-10-25-16/h1-11H,(H,22,24). The van der Waals surface area contributed by atoms with Crippen LogP contribution in [0.1, 0.15) is 9.67 Å². The molecule has 0 saturated heterocycles. The lowest BCUT2D eigenvalue weighted by Gasteiger charge is -2.11. The Morgan fingerprint density at radius 3 is 2.62 bits per heavy atom. The number of halogens is 1. The average molecular weight is 398 g/mol. The van der Waals surface area contributed by atoms with E-state index >= 15 is 0 Å². The van der Waals surface area contributed by atoms with Gasteiger partial charge < -0.3 is 5.32 Å². The van der Waals surface area contributed by atoms with Gasteiger partial charge in [0.15, 0.2) is 5.43 Å². The number of carbonyl (C=O) groups excluding carboxylic acids is 1. The molecular weight excluding hydrogens is 386 g/mol. The second-order valence-electron chi connectivity index (χ2n) is 5.57. The van der Waals surface area contributed by atoms with E-state index in [0.717, 1.165) is 4.70 Å². The van der Waals surface area contributed by atoms with Gasteiger partial charge in [0.1, 0.15) is 5.00 Å². The van der Waals surface area contributed by atoms with Crippen molar-refractivity contribution in [3.8, 4) is 11.1 Å². The zero-order valence-electron chi connectivity index (χ0n) is 13.4. The molecule has 2 aromatic carbocycles. The quantitative estimate of drug-likeness (QED) is 0.468. The minimum absolute atomic E-state index is 0.122. The summed E-state index contributed by atoms with van der Waals surface area (Å²) in [4.78, 5) is 26.3. The van der Waals surface area contributed by atoms with Gasteiger partial charge in [-0.3, -0.25) is 9.59 Å². The molecule has 0 aliphatic carbocycles. The largest absolute Gasteiger partial charge is 0.312 e. The van der Waals surface area contributed by atoms with Crippen molar-refractivity contribution in [2.75, 3.05) is 5.32 Å². The van der Waals surface area contributed by atoms with Gasteiger partial charge in [0.2, 0.25) is 0 Å². The Hall–Kier alpha value is -2.47. The summed E-state index contributed by atoms with van der Waals surface area (Å²) in [5.41, 5.74) is 1.02.